The van der Waals surface area contributed by atoms with Gasteiger partial charge in [-0.05, 0) is 38.4 Å². The minimum atomic E-state index is 0.0197. The third-order valence-electron chi connectivity index (χ3n) is 4.51. The number of furan rings is 1. The molecule has 1 N–H and O–H groups in total. The fourth-order valence-corrected chi connectivity index (χ4v) is 3.04. The normalized spacial score (nSPS) is 17.0. The van der Waals surface area contributed by atoms with Crippen molar-refractivity contribution in [2.24, 2.45) is 0 Å². The highest BCUT2D eigenvalue weighted by atomic mass is 16.3. The average molecular weight is 301 g/mol. The number of hydrogen-bond acceptors (Lipinski definition) is 4. The van der Waals surface area contributed by atoms with E-state index in [2.05, 4.69) is 27.9 Å². The molecule has 2 aromatic heterocycles. The van der Waals surface area contributed by atoms with E-state index in [-0.39, 0.29) is 5.56 Å². The number of nitrogens with zero attached hydrogens (tertiary/aromatic N) is 2. The molecule has 0 spiro atoms. The highest BCUT2D eigenvalue weighted by Gasteiger charge is 2.18. The maximum Gasteiger partial charge on any atom is 0.254 e. The van der Waals surface area contributed by atoms with Gasteiger partial charge < -0.3 is 14.3 Å². The lowest BCUT2D eigenvalue weighted by atomic mass is 10.0. The van der Waals surface area contributed by atoms with Crippen molar-refractivity contribution >= 4 is 0 Å². The molecule has 0 saturated carbocycles. The Balaban J connectivity index is 1.57. The molecule has 0 amide bonds. The zero-order valence-corrected chi connectivity index (χ0v) is 13.3. The molecule has 0 saturated heterocycles. The summed E-state index contributed by atoms with van der Waals surface area (Å²) in [7, 11) is 0. The lowest BCUT2D eigenvalue weighted by Crippen LogP contribution is -2.28. The van der Waals surface area contributed by atoms with Crippen molar-refractivity contribution in [3.05, 3.63) is 51.6 Å². The molecular weight excluding hydrogens is 278 g/mol. The van der Waals surface area contributed by atoms with E-state index in [9.17, 15) is 4.79 Å². The van der Waals surface area contributed by atoms with E-state index in [0.29, 0.717) is 5.92 Å². The Hall–Kier alpha value is -1.88. The van der Waals surface area contributed by atoms with Crippen molar-refractivity contribution in [2.45, 2.75) is 39.0 Å². The van der Waals surface area contributed by atoms with Gasteiger partial charge in [0.25, 0.3) is 5.56 Å². The molecule has 5 heteroatoms. The molecule has 5 nitrogen and oxygen atoms in total. The third-order valence-corrected chi connectivity index (χ3v) is 4.51. The number of aromatic amines is 1. The van der Waals surface area contributed by atoms with E-state index in [1.807, 2.05) is 13.0 Å². The minimum absolute atomic E-state index is 0.0197. The standard InChI is InChI=1S/C17H23N3O2/c1-12(16-4-3-13(2)22-16)5-8-20-9-6-14-15(7-10-20)18-11-19-17(14)21/h3-4,11-12H,5-10H2,1-2H3,(H,18,19,21). The maximum atomic E-state index is 11.9. The number of H-pyrrole nitrogens is 1. The Morgan fingerprint density at radius 3 is 2.95 bits per heavy atom. The number of aromatic nitrogens is 2. The largest absolute Gasteiger partial charge is 0.466 e. The molecular formula is C17H23N3O2. The van der Waals surface area contributed by atoms with Gasteiger partial charge in [-0.25, -0.2) is 4.98 Å². The maximum absolute atomic E-state index is 11.9. The van der Waals surface area contributed by atoms with E-state index in [1.165, 1.54) is 6.33 Å². The van der Waals surface area contributed by atoms with Gasteiger partial charge in [0.15, 0.2) is 0 Å². The topological polar surface area (TPSA) is 62.1 Å². The quantitative estimate of drug-likeness (QED) is 0.941. The molecule has 2 aromatic rings. The zero-order chi connectivity index (χ0) is 15.5. The molecule has 3 rings (SSSR count). The van der Waals surface area contributed by atoms with E-state index >= 15 is 0 Å². The smallest absolute Gasteiger partial charge is 0.254 e. The van der Waals surface area contributed by atoms with Crippen LogP contribution in [0.1, 0.15) is 42.0 Å². The van der Waals surface area contributed by atoms with Crippen LogP contribution in [0.3, 0.4) is 0 Å². The van der Waals surface area contributed by atoms with Gasteiger partial charge in [-0.15, -0.1) is 0 Å². The molecule has 0 radical (unpaired) electrons. The summed E-state index contributed by atoms with van der Waals surface area (Å²) in [5.74, 6) is 2.45. The lowest BCUT2D eigenvalue weighted by molar-refractivity contribution is 0.271. The van der Waals surface area contributed by atoms with E-state index in [1.54, 1.807) is 0 Å². The third kappa shape index (κ3) is 3.30. The van der Waals surface area contributed by atoms with E-state index in [4.69, 9.17) is 4.42 Å². The summed E-state index contributed by atoms with van der Waals surface area (Å²) in [6.45, 7) is 7.09. The fraction of sp³-hybridized carbons (Fsp3) is 0.529. The van der Waals surface area contributed by atoms with Crippen molar-refractivity contribution in [3.8, 4) is 0 Å². The first kappa shape index (κ1) is 15.0. The van der Waals surface area contributed by atoms with Crippen molar-refractivity contribution < 1.29 is 4.42 Å². The predicted octanol–water partition coefficient (Wildman–Crippen LogP) is 2.27. The highest BCUT2D eigenvalue weighted by molar-refractivity contribution is 5.18. The number of aryl methyl sites for hydroxylation is 1. The van der Waals surface area contributed by atoms with Gasteiger partial charge in [0.1, 0.15) is 11.5 Å². The summed E-state index contributed by atoms with van der Waals surface area (Å²) >= 11 is 0. The van der Waals surface area contributed by atoms with Crippen LogP contribution >= 0.6 is 0 Å². The molecule has 1 aliphatic rings. The van der Waals surface area contributed by atoms with Crippen LogP contribution in [-0.4, -0.2) is 34.5 Å². The van der Waals surface area contributed by atoms with Gasteiger partial charge in [-0.1, -0.05) is 6.92 Å². The summed E-state index contributed by atoms with van der Waals surface area (Å²) in [6, 6.07) is 4.09. The molecule has 22 heavy (non-hydrogen) atoms. The molecule has 0 aliphatic carbocycles. The van der Waals surface area contributed by atoms with Gasteiger partial charge in [-0.2, -0.15) is 0 Å². The van der Waals surface area contributed by atoms with Crippen molar-refractivity contribution in [1.29, 1.82) is 0 Å². The second-order valence-electron chi connectivity index (χ2n) is 6.14. The van der Waals surface area contributed by atoms with Crippen molar-refractivity contribution in [2.75, 3.05) is 19.6 Å². The van der Waals surface area contributed by atoms with Crippen LogP contribution in [0, 0.1) is 6.92 Å². The number of fused-ring (bicyclic) bond motifs is 1. The summed E-state index contributed by atoms with van der Waals surface area (Å²) in [4.78, 5) is 21.3. The monoisotopic (exact) mass is 301 g/mol. The molecule has 118 valence electrons. The average Bonchev–Trinajstić information content (AvgIpc) is 2.82. The molecule has 1 atom stereocenters. The van der Waals surface area contributed by atoms with Crippen LogP contribution in [0.2, 0.25) is 0 Å². The Labute approximate surface area is 130 Å². The second kappa shape index (κ2) is 6.48. The second-order valence-corrected chi connectivity index (χ2v) is 6.14. The van der Waals surface area contributed by atoms with Crippen LogP contribution in [0.25, 0.3) is 0 Å². The van der Waals surface area contributed by atoms with Crippen LogP contribution in [0.5, 0.6) is 0 Å². The summed E-state index contributed by atoms with van der Waals surface area (Å²) in [5, 5.41) is 0. The predicted molar refractivity (Wildman–Crippen MR) is 85.2 cm³/mol. The number of hydrogen-bond donors (Lipinski definition) is 1. The first-order valence-corrected chi connectivity index (χ1v) is 7.97. The van der Waals surface area contributed by atoms with Crippen LogP contribution in [0.4, 0.5) is 0 Å². The fourth-order valence-electron chi connectivity index (χ4n) is 3.04. The molecule has 0 fully saturated rings. The molecule has 1 aliphatic heterocycles. The van der Waals surface area contributed by atoms with Crippen molar-refractivity contribution in [1.82, 2.24) is 14.9 Å². The minimum Gasteiger partial charge on any atom is -0.466 e. The lowest BCUT2D eigenvalue weighted by Gasteiger charge is -2.21. The molecule has 1 unspecified atom stereocenters. The van der Waals surface area contributed by atoms with Gasteiger partial charge in [0, 0.05) is 31.0 Å². The van der Waals surface area contributed by atoms with Crippen LogP contribution in [-0.2, 0) is 12.8 Å². The number of nitrogens with one attached hydrogen (secondary N) is 1. The zero-order valence-electron chi connectivity index (χ0n) is 13.3. The highest BCUT2D eigenvalue weighted by Crippen LogP contribution is 2.22. The summed E-state index contributed by atoms with van der Waals surface area (Å²) in [5.41, 5.74) is 1.84. The van der Waals surface area contributed by atoms with Gasteiger partial charge in [0.05, 0.1) is 12.0 Å². The van der Waals surface area contributed by atoms with Crippen LogP contribution in [0.15, 0.2) is 27.7 Å². The van der Waals surface area contributed by atoms with Crippen LogP contribution < -0.4 is 5.56 Å². The van der Waals surface area contributed by atoms with Gasteiger partial charge in [0.2, 0.25) is 0 Å². The summed E-state index contributed by atoms with van der Waals surface area (Å²) < 4.78 is 5.70. The van der Waals surface area contributed by atoms with E-state index < -0.39 is 0 Å². The molecule has 0 bridgehead atoms. The Morgan fingerprint density at radius 1 is 1.36 bits per heavy atom. The SMILES string of the molecule is Cc1ccc(C(C)CCN2CCc3nc[nH]c(=O)c3CC2)o1. The first-order chi connectivity index (χ1) is 10.6. The van der Waals surface area contributed by atoms with Gasteiger partial charge in [-0.3, -0.25) is 4.79 Å². The van der Waals surface area contributed by atoms with Crippen molar-refractivity contribution in [3.63, 3.8) is 0 Å². The van der Waals surface area contributed by atoms with Gasteiger partial charge >= 0.3 is 0 Å². The first-order valence-electron chi connectivity index (χ1n) is 7.97. The number of rotatable bonds is 4. The molecule has 0 aromatic carbocycles. The Kier molecular flexibility index (Phi) is 4.43. The van der Waals surface area contributed by atoms with E-state index in [0.717, 1.165) is 61.7 Å². The molecule has 3 heterocycles. The Bertz CT molecular complexity index is 689. The Morgan fingerprint density at radius 2 is 2.18 bits per heavy atom. The summed E-state index contributed by atoms with van der Waals surface area (Å²) in [6.07, 6.45) is 4.21.